The van der Waals surface area contributed by atoms with Gasteiger partial charge in [0.15, 0.2) is 0 Å². The summed E-state index contributed by atoms with van der Waals surface area (Å²) in [5, 5.41) is 0. The van der Waals surface area contributed by atoms with Crippen LogP contribution in [0.1, 0.15) is 74.8 Å². The summed E-state index contributed by atoms with van der Waals surface area (Å²) in [5.41, 5.74) is 5.58. The van der Waals surface area contributed by atoms with Crippen LogP contribution in [-0.4, -0.2) is 97.6 Å². The smallest absolute Gasteiger partial charge is 0.444 e. The molecule has 52 heavy (non-hydrogen) atoms. The molecule has 2 amide bonds. The van der Waals surface area contributed by atoms with Crippen molar-refractivity contribution in [3.05, 3.63) is 76.7 Å². The first kappa shape index (κ1) is 39.1. The number of carbonyl (C=O) groups is 2. The van der Waals surface area contributed by atoms with Crippen molar-refractivity contribution in [1.29, 1.82) is 0 Å². The fourth-order valence-corrected chi connectivity index (χ4v) is 5.84. The zero-order chi connectivity index (χ0) is 38.1. The Bertz CT molecular complexity index is 1950. The van der Waals surface area contributed by atoms with Crippen LogP contribution in [-0.2, 0) is 18.8 Å². The Morgan fingerprint density at radius 2 is 1.27 bits per heavy atom. The maximum Gasteiger partial charge on any atom is 0.492 e. The van der Waals surface area contributed by atoms with Crippen LogP contribution in [0.5, 0.6) is 0 Å². The highest BCUT2D eigenvalue weighted by Crippen LogP contribution is 2.39. The summed E-state index contributed by atoms with van der Waals surface area (Å²) in [4.78, 5) is 41.9. The monoisotopic (exact) mass is 776 g/mol. The number of aromatic nitrogens is 4. The van der Waals surface area contributed by atoms with Gasteiger partial charge < -0.3 is 38.6 Å². The topological polar surface area (TPSA) is 135 Å². The molecular formula is C38H50BBrN6O6. The lowest BCUT2D eigenvalue weighted by atomic mass is 9.79. The van der Waals surface area contributed by atoms with E-state index in [2.05, 4.69) is 48.0 Å². The maximum absolute atomic E-state index is 12.1. The van der Waals surface area contributed by atoms with E-state index in [9.17, 15) is 9.59 Å². The Hall–Kier alpha value is -4.14. The fourth-order valence-electron chi connectivity index (χ4n) is 5.48. The molecule has 0 atom stereocenters. The Balaban J connectivity index is 0.000000160. The van der Waals surface area contributed by atoms with E-state index in [1.54, 1.807) is 22.5 Å². The van der Waals surface area contributed by atoms with Gasteiger partial charge in [-0.2, -0.15) is 0 Å². The van der Waals surface area contributed by atoms with Gasteiger partial charge in [0.05, 0.1) is 45.9 Å². The molecule has 4 aromatic rings. The molecule has 278 valence electrons. The van der Waals surface area contributed by atoms with Gasteiger partial charge in [0.1, 0.15) is 11.2 Å². The van der Waals surface area contributed by atoms with Crippen molar-refractivity contribution >= 4 is 62.9 Å². The summed E-state index contributed by atoms with van der Waals surface area (Å²) in [6.45, 7) is 21.5. The van der Waals surface area contributed by atoms with Crippen LogP contribution in [0.2, 0.25) is 0 Å². The average molecular weight is 778 g/mol. The van der Waals surface area contributed by atoms with Gasteiger partial charge in [-0.1, -0.05) is 34.1 Å². The van der Waals surface area contributed by atoms with Crippen LogP contribution in [0.4, 0.5) is 9.59 Å². The molecule has 5 heterocycles. The molecule has 3 aliphatic heterocycles. The van der Waals surface area contributed by atoms with Gasteiger partial charge in [0.25, 0.3) is 0 Å². The van der Waals surface area contributed by atoms with Gasteiger partial charge in [0, 0.05) is 30.7 Å². The molecule has 2 aromatic carbocycles. The second-order valence-corrected chi connectivity index (χ2v) is 16.9. The van der Waals surface area contributed by atoms with Crippen LogP contribution >= 0.6 is 15.9 Å². The third-order valence-electron chi connectivity index (χ3n) is 8.90. The zero-order valence-electron chi connectivity index (χ0n) is 31.8. The first-order chi connectivity index (χ1) is 24.2. The third-order valence-corrected chi connectivity index (χ3v) is 9.39. The Morgan fingerprint density at radius 1 is 0.769 bits per heavy atom. The van der Waals surface area contributed by atoms with Crippen molar-refractivity contribution in [1.82, 2.24) is 29.7 Å². The SMILES string of the molecule is Brc1ccc2nc[nH]c2c1.CC(C)(C)OC(=O)N1CC=C(B2OC(C)(C)C(C)(C)O2)C1.CC(C)(C)OC(=O)N1CC=C(c2ccc3nc[nH]c3c2)C1. The predicted molar refractivity (Wildman–Crippen MR) is 208 cm³/mol. The summed E-state index contributed by atoms with van der Waals surface area (Å²) in [6, 6.07) is 12.0. The third kappa shape index (κ3) is 9.84. The number of hydrogen-bond acceptors (Lipinski definition) is 8. The van der Waals surface area contributed by atoms with E-state index in [1.807, 2.05) is 106 Å². The minimum atomic E-state index is -0.482. The highest BCUT2D eigenvalue weighted by atomic mass is 79.9. The molecule has 3 aliphatic rings. The molecule has 0 unspecified atom stereocenters. The van der Waals surface area contributed by atoms with Gasteiger partial charge >= 0.3 is 19.3 Å². The lowest BCUT2D eigenvalue weighted by Gasteiger charge is -2.32. The van der Waals surface area contributed by atoms with Crippen molar-refractivity contribution in [2.75, 3.05) is 26.2 Å². The molecule has 0 bridgehead atoms. The van der Waals surface area contributed by atoms with Crippen LogP contribution in [0.3, 0.4) is 0 Å². The molecule has 0 aliphatic carbocycles. The molecule has 0 spiro atoms. The quantitative estimate of drug-likeness (QED) is 0.194. The van der Waals surface area contributed by atoms with Gasteiger partial charge in [-0.15, -0.1) is 0 Å². The average Bonchev–Trinajstić information content (AvgIpc) is 3.86. The Morgan fingerprint density at radius 3 is 1.83 bits per heavy atom. The number of H-pyrrole nitrogens is 2. The second-order valence-electron chi connectivity index (χ2n) is 16.0. The number of ether oxygens (including phenoxy) is 2. The normalized spacial score (nSPS) is 18.0. The molecule has 12 nitrogen and oxygen atoms in total. The van der Waals surface area contributed by atoms with Crippen molar-refractivity contribution in [3.63, 3.8) is 0 Å². The number of nitrogens with zero attached hydrogens (tertiary/aromatic N) is 4. The van der Waals surface area contributed by atoms with Crippen molar-refractivity contribution in [2.24, 2.45) is 0 Å². The number of aromatic amines is 2. The summed E-state index contributed by atoms with van der Waals surface area (Å²) in [6.07, 6.45) is 6.87. The fraction of sp³-hybridized carbons (Fsp3) is 0.474. The number of fused-ring (bicyclic) bond motifs is 2. The van der Waals surface area contributed by atoms with E-state index in [1.165, 1.54) is 0 Å². The minimum Gasteiger partial charge on any atom is -0.444 e. The van der Waals surface area contributed by atoms with E-state index in [-0.39, 0.29) is 30.5 Å². The van der Waals surface area contributed by atoms with Crippen LogP contribution in [0.25, 0.3) is 27.6 Å². The maximum atomic E-state index is 12.1. The van der Waals surface area contributed by atoms with Crippen LogP contribution < -0.4 is 0 Å². The molecular weight excluding hydrogens is 727 g/mol. The molecule has 1 saturated heterocycles. The van der Waals surface area contributed by atoms with E-state index in [0.29, 0.717) is 26.2 Å². The lowest BCUT2D eigenvalue weighted by Crippen LogP contribution is -2.41. The molecule has 2 aromatic heterocycles. The summed E-state index contributed by atoms with van der Waals surface area (Å²) >= 11 is 3.37. The van der Waals surface area contributed by atoms with Gasteiger partial charge in [-0.3, -0.25) is 0 Å². The number of benzene rings is 2. The molecule has 0 saturated carbocycles. The van der Waals surface area contributed by atoms with Gasteiger partial charge in [-0.05, 0) is 116 Å². The van der Waals surface area contributed by atoms with Crippen molar-refractivity contribution < 1.29 is 28.4 Å². The number of amides is 2. The van der Waals surface area contributed by atoms with Crippen LogP contribution in [0.15, 0.2) is 71.2 Å². The Kier molecular flexibility index (Phi) is 11.3. The number of hydrogen-bond donors (Lipinski definition) is 2. The van der Waals surface area contributed by atoms with E-state index in [0.717, 1.165) is 43.1 Å². The predicted octanol–water partition coefficient (Wildman–Crippen LogP) is 8.32. The van der Waals surface area contributed by atoms with Gasteiger partial charge in [0.2, 0.25) is 0 Å². The summed E-state index contributed by atoms with van der Waals surface area (Å²) in [5.74, 6) is 0. The van der Waals surface area contributed by atoms with E-state index in [4.69, 9.17) is 18.8 Å². The van der Waals surface area contributed by atoms with Crippen LogP contribution in [0, 0.1) is 0 Å². The lowest BCUT2D eigenvalue weighted by molar-refractivity contribution is 0.00578. The molecule has 1 fully saturated rings. The number of carbonyl (C=O) groups excluding carboxylic acids is 2. The number of imidazole rings is 2. The van der Waals surface area contributed by atoms with Crippen molar-refractivity contribution in [3.8, 4) is 0 Å². The molecule has 7 rings (SSSR count). The Labute approximate surface area is 314 Å². The molecule has 14 heteroatoms. The van der Waals surface area contributed by atoms with E-state index < -0.39 is 11.2 Å². The van der Waals surface area contributed by atoms with Gasteiger partial charge in [-0.25, -0.2) is 19.6 Å². The van der Waals surface area contributed by atoms with E-state index >= 15 is 0 Å². The summed E-state index contributed by atoms with van der Waals surface area (Å²) < 4.78 is 23.9. The second kappa shape index (κ2) is 15.1. The zero-order valence-corrected chi connectivity index (χ0v) is 33.4. The first-order valence-corrected chi connectivity index (χ1v) is 18.2. The first-order valence-electron chi connectivity index (χ1n) is 17.4. The molecule has 0 radical (unpaired) electrons. The highest BCUT2D eigenvalue weighted by Gasteiger charge is 2.53. The summed E-state index contributed by atoms with van der Waals surface area (Å²) in [7, 11) is -0.387. The molecule has 2 N–H and O–H groups in total. The number of nitrogens with one attached hydrogen (secondary N) is 2. The number of rotatable bonds is 2. The van der Waals surface area contributed by atoms with Crippen molar-refractivity contribution in [2.45, 2.75) is 91.6 Å². The minimum absolute atomic E-state index is 0.267. The standard InChI is InChI=1S/C16H19N3O2.C15H26BNO4.C7H5BrN2/c1-16(2,3)21-15(20)19-7-6-12(9-19)11-4-5-13-14(8-11)18-10-17-13;1-13(2,3)19-12(18)17-9-8-11(10-17)16-20-14(4,5)15(6,7)21-16;8-5-1-2-6-7(3-5)10-4-9-6/h4-6,8,10H,7,9H2,1-3H3,(H,17,18);8H,9-10H2,1-7H3;1-4H,(H,9,10). The highest BCUT2D eigenvalue weighted by molar-refractivity contribution is 9.10. The largest absolute Gasteiger partial charge is 0.492 e. The number of halogens is 1.